The largest absolute Gasteiger partial charge is 0.364 e. The predicted octanol–water partition coefficient (Wildman–Crippen LogP) is 5.75. The van der Waals surface area contributed by atoms with Gasteiger partial charge in [0.15, 0.2) is 0 Å². The van der Waals surface area contributed by atoms with Crippen LogP contribution in [-0.4, -0.2) is 46.3 Å². The lowest BCUT2D eigenvalue weighted by atomic mass is 9.78. The van der Waals surface area contributed by atoms with Crippen molar-refractivity contribution in [3.05, 3.63) is 99.1 Å². The molecule has 3 unspecified atom stereocenters. The van der Waals surface area contributed by atoms with Gasteiger partial charge in [0, 0.05) is 44.0 Å². The summed E-state index contributed by atoms with van der Waals surface area (Å²) in [5.41, 5.74) is 11.7. The molecule has 3 aromatic rings. The highest BCUT2D eigenvalue weighted by atomic mass is 16.7. The van der Waals surface area contributed by atoms with E-state index in [0.717, 1.165) is 47.1 Å². The minimum atomic E-state index is -1.14. The van der Waals surface area contributed by atoms with E-state index in [1.54, 1.807) is 12.1 Å². The lowest BCUT2D eigenvalue weighted by Crippen LogP contribution is -2.55. The number of nitrogens with zero attached hydrogens (tertiary/aromatic N) is 3. The fourth-order valence-corrected chi connectivity index (χ4v) is 5.77. The number of hydrogen-bond acceptors (Lipinski definition) is 10. The van der Waals surface area contributed by atoms with Gasteiger partial charge in [-0.2, -0.15) is 0 Å². The molecular weight excluding hydrogens is 574 g/mol. The number of carbonyl (C=O) groups excluding carboxylic acids is 1. The number of carbonyl (C=O) groups is 1. The Labute approximate surface area is 263 Å². The van der Waals surface area contributed by atoms with E-state index in [4.69, 9.17) is 15.4 Å². The summed E-state index contributed by atoms with van der Waals surface area (Å²) >= 11 is 0. The Morgan fingerprint density at radius 3 is 2.29 bits per heavy atom. The first-order chi connectivity index (χ1) is 21.6. The molecule has 0 radical (unpaired) electrons. The third-order valence-electron chi connectivity index (χ3n) is 7.84. The zero-order chi connectivity index (χ0) is 32.6. The number of rotatable bonds is 15. The highest BCUT2D eigenvalue weighted by molar-refractivity contribution is 6.17. The summed E-state index contributed by atoms with van der Waals surface area (Å²) in [6, 6.07) is 19.6. The number of aliphatic hydroxyl groups excluding tert-OH is 1. The van der Waals surface area contributed by atoms with Crippen molar-refractivity contribution >= 4 is 23.1 Å². The molecule has 1 aliphatic rings. The summed E-state index contributed by atoms with van der Waals surface area (Å²) in [6.07, 6.45) is 2.28. The average molecular weight is 616 g/mol. The Balaban J connectivity index is 1.92. The SMILES string of the molecule is CCCCNC1(C(N)CCC)c2cc(/C(C/C(=N/OC(C)O)c3ccccc3)=N\OC(C)=O)ccc2-c2ccc([N+](=O)[O-])cc21. The minimum Gasteiger partial charge on any atom is -0.364 e. The van der Waals surface area contributed by atoms with Crippen LogP contribution in [0.25, 0.3) is 11.1 Å². The molecule has 4 rings (SSSR count). The van der Waals surface area contributed by atoms with Gasteiger partial charge in [0.2, 0.25) is 6.29 Å². The lowest BCUT2D eigenvalue weighted by molar-refractivity contribution is -0.384. The third-order valence-corrected chi connectivity index (χ3v) is 7.84. The van der Waals surface area contributed by atoms with Crippen LogP contribution in [0.4, 0.5) is 5.69 Å². The van der Waals surface area contributed by atoms with Gasteiger partial charge in [-0.05, 0) is 59.3 Å². The monoisotopic (exact) mass is 615 g/mol. The normalized spacial score (nSPS) is 17.3. The van der Waals surface area contributed by atoms with Gasteiger partial charge in [0.1, 0.15) is 0 Å². The maximum atomic E-state index is 11.9. The topological polar surface area (TPSA) is 162 Å². The molecule has 0 amide bonds. The van der Waals surface area contributed by atoms with Crippen LogP contribution in [0.3, 0.4) is 0 Å². The summed E-state index contributed by atoms with van der Waals surface area (Å²) < 4.78 is 0. The van der Waals surface area contributed by atoms with Gasteiger partial charge >= 0.3 is 5.97 Å². The molecule has 3 aromatic carbocycles. The number of unbranched alkanes of at least 4 members (excludes halogenated alkanes) is 1. The van der Waals surface area contributed by atoms with E-state index in [2.05, 4.69) is 29.5 Å². The molecule has 0 bridgehead atoms. The Kier molecular flexibility index (Phi) is 11.2. The molecule has 11 nitrogen and oxygen atoms in total. The van der Waals surface area contributed by atoms with E-state index in [1.807, 2.05) is 48.5 Å². The Morgan fingerprint density at radius 2 is 1.67 bits per heavy atom. The van der Waals surface area contributed by atoms with E-state index < -0.39 is 23.8 Å². The number of non-ortho nitro benzene ring substituents is 1. The second-order valence-corrected chi connectivity index (χ2v) is 11.1. The van der Waals surface area contributed by atoms with Crippen molar-refractivity contribution in [3.63, 3.8) is 0 Å². The fraction of sp³-hybridized carbons (Fsp3) is 0.382. The van der Waals surface area contributed by atoms with Gasteiger partial charge in [-0.25, -0.2) is 4.79 Å². The molecule has 238 valence electrons. The molecule has 0 spiro atoms. The van der Waals surface area contributed by atoms with Gasteiger partial charge in [0.25, 0.3) is 5.69 Å². The number of nitrogens with one attached hydrogen (secondary N) is 1. The van der Waals surface area contributed by atoms with Crippen LogP contribution in [-0.2, 0) is 20.0 Å². The van der Waals surface area contributed by atoms with Crippen LogP contribution in [0.5, 0.6) is 0 Å². The van der Waals surface area contributed by atoms with Crippen LogP contribution in [0.15, 0.2) is 77.0 Å². The Hall–Kier alpha value is -4.45. The van der Waals surface area contributed by atoms with Gasteiger partial charge < -0.3 is 25.8 Å². The number of nitro benzene ring substituents is 1. The third kappa shape index (κ3) is 7.44. The van der Waals surface area contributed by atoms with Crippen molar-refractivity contribution < 1.29 is 24.5 Å². The van der Waals surface area contributed by atoms with Crippen LogP contribution in [0, 0.1) is 10.1 Å². The molecule has 1 aliphatic carbocycles. The van der Waals surface area contributed by atoms with E-state index in [1.165, 1.54) is 19.9 Å². The summed E-state index contributed by atoms with van der Waals surface area (Å²) in [6.45, 7) is 7.53. The molecule has 4 N–H and O–H groups in total. The maximum Gasteiger partial charge on any atom is 0.331 e. The number of aliphatic hydroxyl groups is 1. The summed E-state index contributed by atoms with van der Waals surface area (Å²) in [5, 5.41) is 33.8. The molecule has 3 atom stereocenters. The minimum absolute atomic E-state index is 0.00826. The molecule has 11 heteroatoms. The van der Waals surface area contributed by atoms with Crippen LogP contribution in [0.1, 0.15) is 82.1 Å². The molecule has 0 saturated heterocycles. The predicted molar refractivity (Wildman–Crippen MR) is 174 cm³/mol. The number of nitro groups is 1. The number of hydrogen-bond donors (Lipinski definition) is 3. The summed E-state index contributed by atoms with van der Waals surface area (Å²) in [4.78, 5) is 33.7. The highest BCUT2D eigenvalue weighted by Gasteiger charge is 2.48. The number of fused-ring (bicyclic) bond motifs is 3. The van der Waals surface area contributed by atoms with Crippen molar-refractivity contribution in [3.8, 4) is 11.1 Å². The number of benzene rings is 3. The first kappa shape index (κ1) is 33.4. The van der Waals surface area contributed by atoms with Crippen molar-refractivity contribution in [1.29, 1.82) is 0 Å². The lowest BCUT2D eigenvalue weighted by Gasteiger charge is -2.39. The summed E-state index contributed by atoms with van der Waals surface area (Å²) in [5.74, 6) is -0.590. The standard InChI is InChI=1S/C34H41N5O6/c1-5-7-18-36-34(33(35)11-6-2)29-19-25(14-16-27(29)28-17-15-26(39(42)43)20-30(28)34)32(38-45-23(4)41)21-31(37-44-22(3)40)24-12-9-8-10-13-24/h8-10,12-17,19-20,22,33,36,40H,5-7,11,18,21,35H2,1-4H3/b37-31-,38-32-. The second-order valence-electron chi connectivity index (χ2n) is 11.1. The van der Waals surface area contributed by atoms with E-state index >= 15 is 0 Å². The van der Waals surface area contributed by atoms with Crippen molar-refractivity contribution in [2.75, 3.05) is 6.54 Å². The number of oxime groups is 2. The van der Waals surface area contributed by atoms with Gasteiger partial charge in [-0.1, -0.05) is 79.5 Å². The van der Waals surface area contributed by atoms with Crippen LogP contribution < -0.4 is 11.1 Å². The van der Waals surface area contributed by atoms with Crippen molar-refractivity contribution in [1.82, 2.24) is 5.32 Å². The average Bonchev–Trinajstić information content (AvgIpc) is 3.30. The Morgan fingerprint density at radius 1 is 1.00 bits per heavy atom. The molecular formula is C34H41N5O6. The van der Waals surface area contributed by atoms with Crippen molar-refractivity contribution in [2.24, 2.45) is 16.0 Å². The van der Waals surface area contributed by atoms with Gasteiger partial charge in [-0.3, -0.25) is 10.1 Å². The molecule has 0 fully saturated rings. The van der Waals surface area contributed by atoms with E-state index in [9.17, 15) is 20.0 Å². The first-order valence-electron chi connectivity index (χ1n) is 15.3. The van der Waals surface area contributed by atoms with Gasteiger partial charge in [0.05, 0.1) is 21.9 Å². The first-order valence-corrected chi connectivity index (χ1v) is 15.3. The number of nitrogens with two attached hydrogens (primary N) is 1. The highest BCUT2D eigenvalue weighted by Crippen LogP contribution is 2.51. The maximum absolute atomic E-state index is 11.9. The zero-order valence-electron chi connectivity index (χ0n) is 26.2. The molecule has 45 heavy (non-hydrogen) atoms. The van der Waals surface area contributed by atoms with E-state index in [0.29, 0.717) is 30.0 Å². The molecule has 0 aromatic heterocycles. The van der Waals surface area contributed by atoms with E-state index in [-0.39, 0.29) is 17.0 Å². The fourth-order valence-electron chi connectivity index (χ4n) is 5.77. The summed E-state index contributed by atoms with van der Waals surface area (Å²) in [7, 11) is 0. The smallest absolute Gasteiger partial charge is 0.331 e. The van der Waals surface area contributed by atoms with Crippen LogP contribution in [0.2, 0.25) is 0 Å². The van der Waals surface area contributed by atoms with Crippen LogP contribution >= 0.6 is 0 Å². The second kappa shape index (κ2) is 15.0. The quantitative estimate of drug-likeness (QED) is 0.0486. The molecule has 0 saturated carbocycles. The molecule has 0 heterocycles. The van der Waals surface area contributed by atoms with Crippen molar-refractivity contribution in [2.45, 2.75) is 77.7 Å². The van der Waals surface area contributed by atoms with Gasteiger partial charge in [-0.15, -0.1) is 0 Å². The Bertz CT molecular complexity index is 1570. The zero-order valence-corrected chi connectivity index (χ0v) is 26.2. The molecule has 0 aliphatic heterocycles.